The fraction of sp³-hybridized carbons (Fsp3) is 0.900. The number of nitrogens with zero attached hydrogens (tertiary/aromatic N) is 1. The predicted octanol–water partition coefficient (Wildman–Crippen LogP) is 0.929. The van der Waals surface area contributed by atoms with Crippen molar-refractivity contribution < 1.29 is 18.0 Å². The molecule has 3 atom stereocenters. The molecule has 1 amide bonds. The zero-order valence-corrected chi connectivity index (χ0v) is 8.83. The fourth-order valence-electron chi connectivity index (χ4n) is 2.39. The van der Waals surface area contributed by atoms with Crippen molar-refractivity contribution in [1.82, 2.24) is 4.90 Å². The summed E-state index contributed by atoms with van der Waals surface area (Å²) >= 11 is 0. The molecule has 2 fully saturated rings. The van der Waals surface area contributed by atoms with Gasteiger partial charge in [0.25, 0.3) is 0 Å². The van der Waals surface area contributed by atoms with Gasteiger partial charge in [0.15, 0.2) is 0 Å². The van der Waals surface area contributed by atoms with Crippen LogP contribution in [0.1, 0.15) is 19.3 Å². The van der Waals surface area contributed by atoms with Crippen molar-refractivity contribution in [3.8, 4) is 0 Å². The Morgan fingerprint density at radius 2 is 2.06 bits per heavy atom. The molecule has 0 aromatic rings. The molecule has 2 rings (SSSR count). The Kier molecular flexibility index (Phi) is 2.86. The van der Waals surface area contributed by atoms with Gasteiger partial charge < -0.3 is 10.6 Å². The highest BCUT2D eigenvalue weighted by atomic mass is 19.3. The number of nitrogens with two attached hydrogens (primary N) is 1. The molecule has 0 aromatic carbocycles. The van der Waals surface area contributed by atoms with Crippen molar-refractivity contribution >= 4 is 5.91 Å². The van der Waals surface area contributed by atoms with Gasteiger partial charge in [0.1, 0.15) is 6.17 Å². The zero-order chi connectivity index (χ0) is 11.9. The van der Waals surface area contributed by atoms with Crippen LogP contribution in [-0.4, -0.2) is 42.0 Å². The molecule has 2 aliphatic rings. The highest BCUT2D eigenvalue weighted by molar-refractivity contribution is 5.79. The molecule has 3 nitrogen and oxygen atoms in total. The number of likely N-dealkylation sites (tertiary alicyclic amines) is 1. The van der Waals surface area contributed by atoms with Gasteiger partial charge in [0.05, 0.1) is 12.6 Å². The molecule has 2 N–H and O–H groups in total. The van der Waals surface area contributed by atoms with Gasteiger partial charge in [-0.3, -0.25) is 4.79 Å². The molecule has 1 saturated carbocycles. The smallest absolute Gasteiger partial charge is 0.248 e. The Morgan fingerprint density at radius 3 is 2.50 bits per heavy atom. The van der Waals surface area contributed by atoms with Crippen LogP contribution >= 0.6 is 0 Å². The lowest BCUT2D eigenvalue weighted by molar-refractivity contribution is -0.135. The van der Waals surface area contributed by atoms with Crippen LogP contribution in [0.4, 0.5) is 13.2 Å². The van der Waals surface area contributed by atoms with E-state index in [1.54, 1.807) is 0 Å². The molecule has 0 spiro atoms. The van der Waals surface area contributed by atoms with E-state index in [1.165, 1.54) is 4.90 Å². The first kappa shape index (κ1) is 11.7. The Morgan fingerprint density at radius 1 is 1.38 bits per heavy atom. The summed E-state index contributed by atoms with van der Waals surface area (Å²) < 4.78 is 39.0. The summed E-state index contributed by atoms with van der Waals surface area (Å²) in [5.41, 5.74) is 5.44. The first-order valence-corrected chi connectivity index (χ1v) is 5.45. The SMILES string of the molecule is N[C@@H]1CN(C(=O)C2CCC(F)(F)C2)CC1F. The minimum atomic E-state index is -2.74. The molecule has 6 heteroatoms. The molecule has 1 aliphatic carbocycles. The van der Waals surface area contributed by atoms with Crippen molar-refractivity contribution in [1.29, 1.82) is 0 Å². The molecule has 16 heavy (non-hydrogen) atoms. The molecular weight excluding hydrogens is 221 g/mol. The normalized spacial score (nSPS) is 38.0. The van der Waals surface area contributed by atoms with E-state index in [0.717, 1.165) is 0 Å². The Bertz CT molecular complexity index is 284. The average molecular weight is 236 g/mol. The number of halogens is 3. The van der Waals surface area contributed by atoms with Crippen molar-refractivity contribution in [2.24, 2.45) is 11.7 Å². The minimum Gasteiger partial charge on any atom is -0.338 e. The van der Waals surface area contributed by atoms with E-state index in [2.05, 4.69) is 0 Å². The molecule has 1 aliphatic heterocycles. The summed E-state index contributed by atoms with van der Waals surface area (Å²) in [6, 6.07) is -0.675. The van der Waals surface area contributed by atoms with Gasteiger partial charge in [-0.25, -0.2) is 13.2 Å². The summed E-state index contributed by atoms with van der Waals surface area (Å²) in [5.74, 6) is -3.77. The van der Waals surface area contributed by atoms with E-state index < -0.39 is 30.5 Å². The first-order valence-electron chi connectivity index (χ1n) is 5.45. The molecule has 2 unspecified atom stereocenters. The van der Waals surface area contributed by atoms with Crippen LogP contribution in [0.3, 0.4) is 0 Å². The number of hydrogen-bond donors (Lipinski definition) is 1. The van der Waals surface area contributed by atoms with Crippen LogP contribution in [0.25, 0.3) is 0 Å². The summed E-state index contributed by atoms with van der Waals surface area (Å²) in [6.45, 7) is 0.0874. The van der Waals surface area contributed by atoms with Crippen molar-refractivity contribution in [3.63, 3.8) is 0 Å². The lowest BCUT2D eigenvalue weighted by Gasteiger charge is -2.19. The third-order valence-electron chi connectivity index (χ3n) is 3.36. The molecule has 0 bridgehead atoms. The average Bonchev–Trinajstić information content (AvgIpc) is 2.70. The lowest BCUT2D eigenvalue weighted by atomic mass is 10.1. The van der Waals surface area contributed by atoms with E-state index in [9.17, 15) is 18.0 Å². The maximum Gasteiger partial charge on any atom is 0.248 e. The van der Waals surface area contributed by atoms with Gasteiger partial charge >= 0.3 is 0 Å². The van der Waals surface area contributed by atoms with Crippen LogP contribution in [0.2, 0.25) is 0 Å². The predicted molar refractivity (Wildman–Crippen MR) is 51.7 cm³/mol. The maximum atomic E-state index is 13.1. The van der Waals surface area contributed by atoms with E-state index in [0.29, 0.717) is 0 Å². The van der Waals surface area contributed by atoms with E-state index in [-0.39, 0.29) is 31.8 Å². The quantitative estimate of drug-likeness (QED) is 0.736. The molecule has 1 saturated heterocycles. The molecule has 0 radical (unpaired) electrons. The summed E-state index contributed by atoms with van der Waals surface area (Å²) in [4.78, 5) is 13.1. The second kappa shape index (κ2) is 3.91. The summed E-state index contributed by atoms with van der Waals surface area (Å²) in [7, 11) is 0. The number of hydrogen-bond acceptors (Lipinski definition) is 2. The lowest BCUT2D eigenvalue weighted by Crippen LogP contribution is -2.36. The van der Waals surface area contributed by atoms with Crippen LogP contribution in [0.5, 0.6) is 0 Å². The standard InChI is InChI=1S/C10H15F3N2O/c11-7-4-15(5-8(7)14)9(16)6-1-2-10(12,13)3-6/h6-8H,1-5,14H2/t6?,7?,8-/m1/s1. The monoisotopic (exact) mass is 236 g/mol. The topological polar surface area (TPSA) is 46.3 Å². The number of carbonyl (C=O) groups is 1. The summed E-state index contributed by atoms with van der Waals surface area (Å²) in [5, 5.41) is 0. The van der Waals surface area contributed by atoms with Crippen LogP contribution in [-0.2, 0) is 4.79 Å². The van der Waals surface area contributed by atoms with Crippen LogP contribution in [0.15, 0.2) is 0 Å². The zero-order valence-electron chi connectivity index (χ0n) is 8.83. The number of alkyl halides is 3. The second-order valence-electron chi connectivity index (χ2n) is 4.72. The third kappa shape index (κ3) is 2.16. The highest BCUT2D eigenvalue weighted by Gasteiger charge is 2.45. The highest BCUT2D eigenvalue weighted by Crippen LogP contribution is 2.39. The Balaban J connectivity index is 1.94. The van der Waals surface area contributed by atoms with Gasteiger partial charge in [0, 0.05) is 25.3 Å². The minimum absolute atomic E-state index is 0.0535. The van der Waals surface area contributed by atoms with Crippen molar-refractivity contribution in [2.75, 3.05) is 13.1 Å². The largest absolute Gasteiger partial charge is 0.338 e. The number of rotatable bonds is 1. The Labute approximate surface area is 91.8 Å². The van der Waals surface area contributed by atoms with Crippen molar-refractivity contribution in [2.45, 2.75) is 37.4 Å². The van der Waals surface area contributed by atoms with E-state index in [4.69, 9.17) is 5.73 Å². The van der Waals surface area contributed by atoms with Gasteiger partial charge in [-0.1, -0.05) is 0 Å². The van der Waals surface area contributed by atoms with Crippen LogP contribution < -0.4 is 5.73 Å². The van der Waals surface area contributed by atoms with Gasteiger partial charge in [0.2, 0.25) is 11.8 Å². The van der Waals surface area contributed by atoms with E-state index in [1.807, 2.05) is 0 Å². The molecular formula is C10H15F3N2O. The van der Waals surface area contributed by atoms with Gasteiger partial charge in [-0.15, -0.1) is 0 Å². The van der Waals surface area contributed by atoms with Crippen molar-refractivity contribution in [3.05, 3.63) is 0 Å². The fourth-order valence-corrected chi connectivity index (χ4v) is 2.39. The van der Waals surface area contributed by atoms with Gasteiger partial charge in [-0.05, 0) is 6.42 Å². The second-order valence-corrected chi connectivity index (χ2v) is 4.72. The molecule has 0 aromatic heterocycles. The maximum absolute atomic E-state index is 13.1. The number of carbonyl (C=O) groups excluding carboxylic acids is 1. The van der Waals surface area contributed by atoms with Crippen LogP contribution in [0, 0.1) is 5.92 Å². The van der Waals surface area contributed by atoms with Gasteiger partial charge in [-0.2, -0.15) is 0 Å². The third-order valence-corrected chi connectivity index (χ3v) is 3.36. The summed E-state index contributed by atoms with van der Waals surface area (Å²) in [6.07, 6.45) is -1.70. The molecule has 1 heterocycles. The van der Waals surface area contributed by atoms with E-state index >= 15 is 0 Å². The first-order chi connectivity index (χ1) is 7.39. The molecule has 92 valence electrons. The number of amides is 1. The Hall–Kier alpha value is -0.780.